The van der Waals surface area contributed by atoms with Crippen LogP contribution in [0.5, 0.6) is 0 Å². The molecule has 2 rings (SSSR count). The van der Waals surface area contributed by atoms with Gasteiger partial charge in [-0.3, -0.25) is 0 Å². The molecule has 0 aromatic carbocycles. The molecular weight excluding hydrogens is 164 g/mol. The van der Waals surface area contributed by atoms with Crippen LogP contribution in [0.15, 0.2) is 11.6 Å². The van der Waals surface area contributed by atoms with Gasteiger partial charge in [0.25, 0.3) is 0 Å². The molecule has 0 N–H and O–H groups in total. The van der Waals surface area contributed by atoms with E-state index in [-0.39, 0.29) is 5.97 Å². The minimum Gasteiger partial charge on any atom is -0.462 e. The van der Waals surface area contributed by atoms with Crippen LogP contribution in [0.2, 0.25) is 0 Å². The molecule has 72 valence electrons. The Hall–Kier alpha value is -0.790. The van der Waals surface area contributed by atoms with Crippen LogP contribution in [0, 0.1) is 5.92 Å². The van der Waals surface area contributed by atoms with E-state index in [1.54, 1.807) is 0 Å². The van der Waals surface area contributed by atoms with Crippen molar-refractivity contribution >= 4 is 5.97 Å². The maximum Gasteiger partial charge on any atom is 0.333 e. The average molecular weight is 180 g/mol. The molecule has 13 heavy (non-hydrogen) atoms. The third kappa shape index (κ3) is 2.11. The number of hydrogen-bond donors (Lipinski definition) is 0. The second-order valence-corrected chi connectivity index (χ2v) is 3.98. The van der Waals surface area contributed by atoms with Crippen LogP contribution >= 0.6 is 0 Å². The van der Waals surface area contributed by atoms with Crippen molar-refractivity contribution in [1.29, 1.82) is 0 Å². The molecule has 2 aliphatic rings. The Bertz CT molecular complexity index is 224. The van der Waals surface area contributed by atoms with Crippen molar-refractivity contribution in [2.75, 3.05) is 6.61 Å². The number of hydrogen-bond acceptors (Lipinski definition) is 2. The van der Waals surface area contributed by atoms with E-state index in [4.69, 9.17) is 4.74 Å². The number of carbonyl (C=O) groups is 1. The molecule has 0 aromatic heterocycles. The molecular formula is C11H16O2. The molecule has 0 bridgehead atoms. The van der Waals surface area contributed by atoms with Crippen LogP contribution in [0.25, 0.3) is 0 Å². The molecule has 0 atom stereocenters. The zero-order chi connectivity index (χ0) is 9.10. The molecule has 0 amide bonds. The standard InChI is InChI=1S/C11H16O2/c12-11-10(6-7-13-11)8-9-4-2-1-3-5-9/h8-9H,1-7H2. The Balaban J connectivity index is 1.96. The van der Waals surface area contributed by atoms with Crippen molar-refractivity contribution in [2.24, 2.45) is 5.92 Å². The molecule has 1 aliphatic heterocycles. The van der Waals surface area contributed by atoms with Gasteiger partial charge in [-0.15, -0.1) is 0 Å². The van der Waals surface area contributed by atoms with Crippen LogP contribution in [0.3, 0.4) is 0 Å². The number of allylic oxidation sites excluding steroid dienone is 1. The van der Waals surface area contributed by atoms with Crippen molar-refractivity contribution in [2.45, 2.75) is 38.5 Å². The highest BCUT2D eigenvalue weighted by atomic mass is 16.5. The third-order valence-electron chi connectivity index (χ3n) is 2.95. The lowest BCUT2D eigenvalue weighted by molar-refractivity contribution is -0.135. The first-order chi connectivity index (χ1) is 6.36. The van der Waals surface area contributed by atoms with E-state index < -0.39 is 0 Å². The van der Waals surface area contributed by atoms with Crippen molar-refractivity contribution in [1.82, 2.24) is 0 Å². The predicted octanol–water partition coefficient (Wildman–Crippen LogP) is 2.44. The Morgan fingerprint density at radius 2 is 2.00 bits per heavy atom. The summed E-state index contributed by atoms with van der Waals surface area (Å²) in [6.45, 7) is 0.595. The Labute approximate surface area is 79.0 Å². The molecule has 0 aromatic rings. The van der Waals surface area contributed by atoms with Gasteiger partial charge in [-0.05, 0) is 18.8 Å². The minimum absolute atomic E-state index is 0.0782. The van der Waals surface area contributed by atoms with Gasteiger partial charge in [-0.2, -0.15) is 0 Å². The van der Waals surface area contributed by atoms with Crippen molar-refractivity contribution in [3.63, 3.8) is 0 Å². The number of ether oxygens (including phenoxy) is 1. The zero-order valence-corrected chi connectivity index (χ0v) is 7.92. The van der Waals surface area contributed by atoms with Crippen LogP contribution in [-0.2, 0) is 9.53 Å². The summed E-state index contributed by atoms with van der Waals surface area (Å²) in [6, 6.07) is 0. The molecule has 1 saturated heterocycles. The van der Waals surface area contributed by atoms with Crippen molar-refractivity contribution < 1.29 is 9.53 Å². The summed E-state index contributed by atoms with van der Waals surface area (Å²) in [4.78, 5) is 11.2. The number of esters is 1. The van der Waals surface area contributed by atoms with Gasteiger partial charge >= 0.3 is 5.97 Å². The second-order valence-electron chi connectivity index (χ2n) is 3.98. The maximum atomic E-state index is 11.2. The summed E-state index contributed by atoms with van der Waals surface area (Å²) in [5.74, 6) is 0.569. The Morgan fingerprint density at radius 1 is 1.23 bits per heavy atom. The highest BCUT2D eigenvalue weighted by Crippen LogP contribution is 2.27. The molecule has 2 heteroatoms. The second kappa shape index (κ2) is 3.95. The fourth-order valence-corrected chi connectivity index (χ4v) is 2.19. The summed E-state index contributed by atoms with van der Waals surface area (Å²) in [6.07, 6.45) is 9.52. The fraction of sp³-hybridized carbons (Fsp3) is 0.727. The highest BCUT2D eigenvalue weighted by molar-refractivity contribution is 5.90. The summed E-state index contributed by atoms with van der Waals surface area (Å²) >= 11 is 0. The van der Waals surface area contributed by atoms with Gasteiger partial charge in [-0.25, -0.2) is 4.79 Å². The largest absolute Gasteiger partial charge is 0.462 e. The van der Waals surface area contributed by atoms with E-state index in [2.05, 4.69) is 6.08 Å². The lowest BCUT2D eigenvalue weighted by Gasteiger charge is -2.18. The molecule has 0 radical (unpaired) electrons. The highest BCUT2D eigenvalue weighted by Gasteiger charge is 2.20. The SMILES string of the molecule is O=C1OCCC1=CC1CCCCC1. The summed E-state index contributed by atoms with van der Waals surface area (Å²) in [5.41, 5.74) is 0.923. The Kier molecular flexibility index (Phi) is 2.67. The van der Waals surface area contributed by atoms with E-state index in [0.29, 0.717) is 12.5 Å². The molecule has 1 aliphatic carbocycles. The number of rotatable bonds is 1. The van der Waals surface area contributed by atoms with Crippen molar-refractivity contribution in [3.05, 3.63) is 11.6 Å². The van der Waals surface area contributed by atoms with E-state index in [1.165, 1.54) is 32.1 Å². The first-order valence-corrected chi connectivity index (χ1v) is 5.24. The first-order valence-electron chi connectivity index (χ1n) is 5.24. The van der Waals surface area contributed by atoms with Gasteiger partial charge in [0.05, 0.1) is 6.61 Å². The van der Waals surface area contributed by atoms with Crippen LogP contribution in [0.4, 0.5) is 0 Å². The summed E-state index contributed by atoms with van der Waals surface area (Å²) < 4.78 is 4.90. The Morgan fingerprint density at radius 3 is 2.62 bits per heavy atom. The molecule has 0 unspecified atom stereocenters. The lowest BCUT2D eigenvalue weighted by Crippen LogP contribution is -2.05. The lowest BCUT2D eigenvalue weighted by atomic mass is 9.88. The maximum absolute atomic E-state index is 11.2. The fourth-order valence-electron chi connectivity index (χ4n) is 2.19. The molecule has 1 heterocycles. The zero-order valence-electron chi connectivity index (χ0n) is 7.92. The van der Waals surface area contributed by atoms with Gasteiger partial charge in [-0.1, -0.05) is 25.3 Å². The molecule has 0 spiro atoms. The minimum atomic E-state index is -0.0782. The number of cyclic esters (lactones) is 1. The van der Waals surface area contributed by atoms with E-state index in [9.17, 15) is 4.79 Å². The summed E-state index contributed by atoms with van der Waals surface area (Å²) in [5, 5.41) is 0. The van der Waals surface area contributed by atoms with Gasteiger partial charge in [0.15, 0.2) is 0 Å². The van der Waals surface area contributed by atoms with Gasteiger partial charge < -0.3 is 4.74 Å². The van der Waals surface area contributed by atoms with Gasteiger partial charge in [0.1, 0.15) is 0 Å². The van der Waals surface area contributed by atoms with Crippen LogP contribution in [0.1, 0.15) is 38.5 Å². The molecule has 2 fully saturated rings. The van der Waals surface area contributed by atoms with Crippen LogP contribution < -0.4 is 0 Å². The monoisotopic (exact) mass is 180 g/mol. The molecule has 2 nitrogen and oxygen atoms in total. The predicted molar refractivity (Wildman–Crippen MR) is 50.2 cm³/mol. The topological polar surface area (TPSA) is 26.3 Å². The first kappa shape index (κ1) is 8.79. The van der Waals surface area contributed by atoms with Crippen LogP contribution in [-0.4, -0.2) is 12.6 Å². The van der Waals surface area contributed by atoms with Gasteiger partial charge in [0, 0.05) is 12.0 Å². The van der Waals surface area contributed by atoms with Crippen molar-refractivity contribution in [3.8, 4) is 0 Å². The quantitative estimate of drug-likeness (QED) is 0.457. The normalized spacial score (nSPS) is 28.0. The van der Waals surface area contributed by atoms with Gasteiger partial charge in [0.2, 0.25) is 0 Å². The smallest absolute Gasteiger partial charge is 0.333 e. The van der Waals surface area contributed by atoms with E-state index >= 15 is 0 Å². The van der Waals surface area contributed by atoms with E-state index in [1.807, 2.05) is 0 Å². The number of carbonyl (C=O) groups excluding carboxylic acids is 1. The third-order valence-corrected chi connectivity index (χ3v) is 2.95. The molecule has 1 saturated carbocycles. The van der Waals surface area contributed by atoms with E-state index in [0.717, 1.165) is 12.0 Å². The average Bonchev–Trinajstić information content (AvgIpc) is 2.54. The summed E-state index contributed by atoms with van der Waals surface area (Å²) in [7, 11) is 0.